The van der Waals surface area contributed by atoms with Crippen LogP contribution in [0.3, 0.4) is 0 Å². The van der Waals surface area contributed by atoms with Crippen LogP contribution in [0.15, 0.2) is 42.9 Å². The summed E-state index contributed by atoms with van der Waals surface area (Å²) in [5, 5.41) is 9.19. The molecule has 1 aliphatic rings. The Bertz CT molecular complexity index is 1580. The van der Waals surface area contributed by atoms with Gasteiger partial charge < -0.3 is 10.2 Å². The second kappa shape index (κ2) is 9.34. The molecule has 0 atom stereocenters. The maximum absolute atomic E-state index is 14.3. The largest absolute Gasteiger partial charge is 0.368 e. The summed E-state index contributed by atoms with van der Waals surface area (Å²) in [7, 11) is -0.0946. The lowest BCUT2D eigenvalue weighted by atomic mass is 9.94. The first kappa shape index (κ1) is 25.0. The fraction of sp³-hybridized carbons (Fsp3) is 0.360. The first-order valence-electron chi connectivity index (χ1n) is 11.9. The minimum Gasteiger partial charge on any atom is -0.368 e. The Hall–Kier alpha value is -3.64. The summed E-state index contributed by atoms with van der Waals surface area (Å²) in [5.41, 5.74) is 2.42. The molecular weight excluding hydrogens is 495 g/mol. The van der Waals surface area contributed by atoms with E-state index in [1.165, 1.54) is 29.4 Å². The summed E-state index contributed by atoms with van der Waals surface area (Å²) in [4.78, 5) is 15.4. The number of likely N-dealkylation sites (N-methyl/N-ethyl adjacent to an activating group) is 1. The van der Waals surface area contributed by atoms with Gasteiger partial charge in [0.2, 0.25) is 16.0 Å². The van der Waals surface area contributed by atoms with Gasteiger partial charge in [-0.15, -0.1) is 0 Å². The number of hydrogen-bond donors (Lipinski definition) is 1. The zero-order valence-corrected chi connectivity index (χ0v) is 22.2. The molecule has 4 aromatic rings. The van der Waals surface area contributed by atoms with Gasteiger partial charge in [0.05, 0.1) is 24.1 Å². The molecule has 12 heteroatoms. The number of nitrogens with zero attached hydrogens (tertiary/aromatic N) is 7. The minimum absolute atomic E-state index is 0.0552. The third-order valence-electron chi connectivity index (χ3n) is 6.79. The second-order valence-corrected chi connectivity index (χ2v) is 11.7. The van der Waals surface area contributed by atoms with Crippen molar-refractivity contribution < 1.29 is 12.8 Å². The van der Waals surface area contributed by atoms with E-state index >= 15 is 0 Å². The maximum atomic E-state index is 14.3. The van der Waals surface area contributed by atoms with E-state index in [9.17, 15) is 12.8 Å². The minimum atomic E-state index is -3.24. The SMILES string of the molecule is CC(C)c1ccc(N2CC(N(C)S(C)(=O)=O)C2)c2cnc(Nc3ccnc(-c4cnn(C)c4F)n3)cc12. The zero-order valence-electron chi connectivity index (χ0n) is 21.3. The molecule has 0 saturated carbocycles. The molecule has 37 heavy (non-hydrogen) atoms. The predicted molar refractivity (Wildman–Crippen MR) is 142 cm³/mol. The maximum Gasteiger partial charge on any atom is 0.222 e. The van der Waals surface area contributed by atoms with Crippen LogP contribution in [0.1, 0.15) is 25.3 Å². The number of nitrogens with one attached hydrogen (secondary N) is 1. The average molecular weight is 525 g/mol. The molecule has 1 N–H and O–H groups in total. The quantitative estimate of drug-likeness (QED) is 0.391. The van der Waals surface area contributed by atoms with Gasteiger partial charge in [0.1, 0.15) is 11.6 Å². The molecule has 3 aromatic heterocycles. The lowest BCUT2D eigenvalue weighted by Gasteiger charge is -2.44. The highest BCUT2D eigenvalue weighted by Crippen LogP contribution is 2.36. The molecular formula is C25H29FN8O2S. The van der Waals surface area contributed by atoms with Crippen molar-refractivity contribution in [2.24, 2.45) is 7.05 Å². The Morgan fingerprint density at radius 2 is 1.86 bits per heavy atom. The Kier molecular flexibility index (Phi) is 6.32. The van der Waals surface area contributed by atoms with Crippen LogP contribution >= 0.6 is 0 Å². The van der Waals surface area contributed by atoms with Crippen LogP contribution < -0.4 is 10.2 Å². The Labute approximate surface area is 215 Å². The first-order valence-corrected chi connectivity index (χ1v) is 13.8. The second-order valence-electron chi connectivity index (χ2n) is 9.64. The fourth-order valence-corrected chi connectivity index (χ4v) is 5.18. The van der Waals surface area contributed by atoms with Crippen molar-refractivity contribution in [1.29, 1.82) is 0 Å². The van der Waals surface area contributed by atoms with Gasteiger partial charge in [-0.2, -0.15) is 13.8 Å². The monoisotopic (exact) mass is 524 g/mol. The van der Waals surface area contributed by atoms with E-state index < -0.39 is 16.0 Å². The topological polar surface area (TPSA) is 109 Å². The van der Waals surface area contributed by atoms with E-state index in [4.69, 9.17) is 0 Å². The Morgan fingerprint density at radius 1 is 1.11 bits per heavy atom. The van der Waals surface area contributed by atoms with Gasteiger partial charge in [0.25, 0.3) is 0 Å². The summed E-state index contributed by atoms with van der Waals surface area (Å²) in [6.07, 6.45) is 6.01. The molecule has 0 aliphatic carbocycles. The molecule has 1 aliphatic heterocycles. The van der Waals surface area contributed by atoms with E-state index in [0.717, 1.165) is 21.1 Å². The molecule has 0 radical (unpaired) electrons. The lowest BCUT2D eigenvalue weighted by molar-refractivity contribution is 0.313. The molecule has 0 bridgehead atoms. The van der Waals surface area contributed by atoms with Gasteiger partial charge in [-0.3, -0.25) is 0 Å². The number of hydrogen-bond acceptors (Lipinski definition) is 8. The number of halogens is 1. The number of benzene rings is 1. The number of anilines is 3. The molecule has 10 nitrogen and oxygen atoms in total. The fourth-order valence-electron chi connectivity index (χ4n) is 4.51. The highest BCUT2D eigenvalue weighted by Gasteiger charge is 2.35. The van der Waals surface area contributed by atoms with Gasteiger partial charge in [-0.25, -0.2) is 28.1 Å². The highest BCUT2D eigenvalue weighted by atomic mass is 32.2. The molecule has 1 aromatic carbocycles. The number of aromatic nitrogens is 5. The van der Waals surface area contributed by atoms with Gasteiger partial charge >= 0.3 is 0 Å². The normalized spacial score (nSPS) is 14.5. The lowest BCUT2D eigenvalue weighted by Crippen LogP contribution is -2.59. The summed E-state index contributed by atoms with van der Waals surface area (Å²) < 4.78 is 40.7. The number of sulfonamides is 1. The summed E-state index contributed by atoms with van der Waals surface area (Å²) in [6, 6.07) is 7.83. The van der Waals surface area contributed by atoms with Crippen molar-refractivity contribution in [2.45, 2.75) is 25.8 Å². The van der Waals surface area contributed by atoms with E-state index in [1.54, 1.807) is 19.3 Å². The standard InChI is InChI=1S/C25H29FN8O2S/c1-15(2)17-6-7-21(34-13-16(14-34)33(4)37(5,35)36)19-11-28-23(10-18(17)19)30-22-8-9-27-25(31-22)20-12-29-32(3)24(20)26/h6-12,15-16H,13-14H2,1-5H3,(H,27,28,30,31). The molecule has 0 spiro atoms. The molecule has 1 fully saturated rings. The number of aryl methyl sites for hydroxylation is 1. The number of rotatable bonds is 7. The highest BCUT2D eigenvalue weighted by molar-refractivity contribution is 7.88. The first-order chi connectivity index (χ1) is 17.5. The van der Waals surface area contributed by atoms with Crippen molar-refractivity contribution in [3.63, 3.8) is 0 Å². The van der Waals surface area contributed by atoms with Crippen LogP contribution in [0.4, 0.5) is 21.7 Å². The van der Waals surface area contributed by atoms with E-state index in [2.05, 4.69) is 56.2 Å². The summed E-state index contributed by atoms with van der Waals surface area (Å²) in [6.45, 7) is 5.52. The van der Waals surface area contributed by atoms with Crippen LogP contribution in [-0.4, -0.2) is 69.9 Å². The van der Waals surface area contributed by atoms with Crippen LogP contribution in [0.25, 0.3) is 22.2 Å². The average Bonchev–Trinajstić information content (AvgIpc) is 3.15. The molecule has 4 heterocycles. The van der Waals surface area contributed by atoms with E-state index in [-0.39, 0.29) is 23.3 Å². The van der Waals surface area contributed by atoms with Crippen molar-refractivity contribution in [2.75, 3.05) is 36.6 Å². The van der Waals surface area contributed by atoms with Crippen LogP contribution in [0, 0.1) is 5.95 Å². The molecule has 5 rings (SSSR count). The zero-order chi connectivity index (χ0) is 26.5. The van der Waals surface area contributed by atoms with E-state index in [1.807, 2.05) is 12.3 Å². The van der Waals surface area contributed by atoms with Gasteiger partial charge in [-0.05, 0) is 35.1 Å². The molecule has 1 saturated heterocycles. The predicted octanol–water partition coefficient (Wildman–Crippen LogP) is 3.51. The summed E-state index contributed by atoms with van der Waals surface area (Å²) in [5.74, 6) is 1.09. The smallest absolute Gasteiger partial charge is 0.222 e. The van der Waals surface area contributed by atoms with Crippen LogP contribution in [0.2, 0.25) is 0 Å². The Balaban J connectivity index is 1.45. The third-order valence-corrected chi connectivity index (χ3v) is 8.14. The van der Waals surface area contributed by atoms with Gasteiger partial charge in [0, 0.05) is 50.7 Å². The summed E-state index contributed by atoms with van der Waals surface area (Å²) >= 11 is 0. The number of pyridine rings is 1. The third kappa shape index (κ3) is 4.74. The van der Waals surface area contributed by atoms with Crippen molar-refractivity contribution in [1.82, 2.24) is 29.0 Å². The van der Waals surface area contributed by atoms with Crippen LogP contribution in [0.5, 0.6) is 0 Å². The Morgan fingerprint density at radius 3 is 2.51 bits per heavy atom. The van der Waals surface area contributed by atoms with Gasteiger partial charge in [0.15, 0.2) is 5.82 Å². The van der Waals surface area contributed by atoms with Crippen molar-refractivity contribution in [3.05, 3.63) is 54.4 Å². The van der Waals surface area contributed by atoms with Crippen molar-refractivity contribution in [3.8, 4) is 11.4 Å². The van der Waals surface area contributed by atoms with Gasteiger partial charge in [-0.1, -0.05) is 19.9 Å². The molecule has 194 valence electrons. The van der Waals surface area contributed by atoms with E-state index in [0.29, 0.717) is 24.7 Å². The van der Waals surface area contributed by atoms with Crippen molar-refractivity contribution >= 4 is 38.1 Å². The number of fused-ring (bicyclic) bond motifs is 1. The molecule has 0 amide bonds. The van der Waals surface area contributed by atoms with Crippen LogP contribution in [-0.2, 0) is 17.1 Å². The molecule has 0 unspecified atom stereocenters.